The molecule has 0 spiro atoms. The lowest BCUT2D eigenvalue weighted by Gasteiger charge is -2.18. The van der Waals surface area contributed by atoms with E-state index in [9.17, 15) is 24.5 Å². The minimum atomic E-state index is -0.663. The number of imide groups is 1. The van der Waals surface area contributed by atoms with Gasteiger partial charge in [0.25, 0.3) is 17.5 Å². The van der Waals surface area contributed by atoms with Crippen molar-refractivity contribution in [2.75, 3.05) is 15.5 Å². The van der Waals surface area contributed by atoms with E-state index < -0.39 is 16.7 Å². The van der Waals surface area contributed by atoms with Crippen LogP contribution in [-0.4, -0.2) is 22.6 Å². The molecule has 0 saturated carbocycles. The highest BCUT2D eigenvalue weighted by Crippen LogP contribution is 2.34. The second-order valence-electron chi connectivity index (χ2n) is 8.32. The summed E-state index contributed by atoms with van der Waals surface area (Å²) >= 11 is 12.3. The molecule has 11 heteroatoms. The average molecular weight is 539 g/mol. The fourth-order valence-corrected chi connectivity index (χ4v) is 4.18. The van der Waals surface area contributed by atoms with Crippen LogP contribution >= 0.6 is 23.2 Å². The maximum absolute atomic E-state index is 13.0. The number of halogens is 2. The van der Waals surface area contributed by atoms with Crippen LogP contribution in [0.5, 0.6) is 0 Å². The number of nitrogens with zero attached hydrogens (tertiary/aromatic N) is 2. The monoisotopic (exact) mass is 538 g/mol. The number of rotatable bonds is 7. The molecular formula is C26H20Cl2N4O5. The van der Waals surface area contributed by atoms with Crippen LogP contribution in [-0.2, 0) is 20.8 Å². The number of aryl methyl sites for hydroxylation is 1. The van der Waals surface area contributed by atoms with Crippen LogP contribution in [0.3, 0.4) is 0 Å². The molecule has 2 N–H and O–H groups in total. The summed E-state index contributed by atoms with van der Waals surface area (Å²) in [4.78, 5) is 49.8. The molecule has 1 aliphatic heterocycles. The topological polar surface area (TPSA) is 122 Å². The van der Waals surface area contributed by atoms with Crippen molar-refractivity contribution in [2.45, 2.75) is 20.3 Å². The molecule has 9 nitrogen and oxygen atoms in total. The normalized spacial score (nSPS) is 13.2. The molecule has 0 saturated heterocycles. The van der Waals surface area contributed by atoms with Crippen LogP contribution in [0.4, 0.5) is 22.7 Å². The maximum Gasteiger partial charge on any atom is 0.283 e. The summed E-state index contributed by atoms with van der Waals surface area (Å²) in [5.74, 6) is -1.63. The Morgan fingerprint density at radius 2 is 1.65 bits per heavy atom. The van der Waals surface area contributed by atoms with Crippen molar-refractivity contribution in [1.29, 1.82) is 0 Å². The second kappa shape index (κ2) is 10.4. The van der Waals surface area contributed by atoms with E-state index in [0.717, 1.165) is 4.90 Å². The van der Waals surface area contributed by atoms with Crippen LogP contribution in [0.1, 0.15) is 16.7 Å². The maximum atomic E-state index is 13.0. The zero-order chi connectivity index (χ0) is 26.9. The van der Waals surface area contributed by atoms with Crippen LogP contribution in [0, 0.1) is 24.0 Å². The summed E-state index contributed by atoms with van der Waals surface area (Å²) in [6.45, 7) is 3.32. The third kappa shape index (κ3) is 5.32. The fraction of sp³-hybridized carbons (Fsp3) is 0.115. The van der Waals surface area contributed by atoms with E-state index in [1.807, 2.05) is 0 Å². The van der Waals surface area contributed by atoms with Crippen molar-refractivity contribution in [2.24, 2.45) is 0 Å². The highest BCUT2D eigenvalue weighted by atomic mass is 35.5. The van der Waals surface area contributed by atoms with E-state index in [2.05, 4.69) is 10.6 Å². The smallest absolute Gasteiger partial charge is 0.283 e. The van der Waals surface area contributed by atoms with E-state index in [1.54, 1.807) is 68.4 Å². The molecular weight excluding hydrogens is 519 g/mol. The Bertz CT molecular complexity index is 1480. The number of anilines is 3. The lowest BCUT2D eigenvalue weighted by molar-refractivity contribution is -0.385. The molecule has 3 aromatic carbocycles. The van der Waals surface area contributed by atoms with Crippen molar-refractivity contribution in [3.8, 4) is 0 Å². The zero-order valence-corrected chi connectivity index (χ0v) is 21.2. The van der Waals surface area contributed by atoms with Gasteiger partial charge in [0.05, 0.1) is 17.0 Å². The van der Waals surface area contributed by atoms with Crippen LogP contribution in [0.2, 0.25) is 5.02 Å². The first-order valence-corrected chi connectivity index (χ1v) is 11.8. The number of carbonyl (C=O) groups excluding carboxylic acids is 3. The molecule has 1 heterocycles. The SMILES string of the molecule is Cc1ccc(NC(=O)Cc2ccc(NC3=C(Cl)C(=O)N(c4cccc(Cl)c4C)C3=O)cc2)cc1[N+](=O)[O-]. The summed E-state index contributed by atoms with van der Waals surface area (Å²) in [6, 6.07) is 16.0. The number of nitrogens with one attached hydrogen (secondary N) is 2. The first kappa shape index (κ1) is 25.9. The van der Waals surface area contributed by atoms with Crippen molar-refractivity contribution >= 4 is 63.7 Å². The second-order valence-corrected chi connectivity index (χ2v) is 9.11. The Hall–Kier alpha value is -4.21. The predicted molar refractivity (Wildman–Crippen MR) is 142 cm³/mol. The lowest BCUT2D eigenvalue weighted by Crippen LogP contribution is -2.32. The van der Waals surface area contributed by atoms with Gasteiger partial charge in [-0.1, -0.05) is 47.5 Å². The van der Waals surface area contributed by atoms with Gasteiger partial charge in [0.15, 0.2) is 0 Å². The van der Waals surface area contributed by atoms with Crippen molar-refractivity contribution in [3.05, 3.63) is 103 Å². The predicted octanol–water partition coefficient (Wildman–Crippen LogP) is 5.48. The molecule has 0 unspecified atom stereocenters. The summed E-state index contributed by atoms with van der Waals surface area (Å²) in [6.07, 6.45) is 0.0185. The Morgan fingerprint density at radius 1 is 0.973 bits per heavy atom. The molecule has 1 aliphatic rings. The minimum absolute atomic E-state index is 0.0185. The standard InChI is InChI=1S/C26H20Cl2N4O5/c1-14-6-9-18(13-21(14)32(36)37)29-22(33)12-16-7-10-17(11-8-16)30-24-23(28)25(34)31(26(24)35)20-5-3-4-19(27)15(20)2/h3-11,13,30H,12H2,1-2H3,(H,29,33). The molecule has 0 fully saturated rings. The lowest BCUT2D eigenvalue weighted by atomic mass is 10.1. The van der Waals surface area contributed by atoms with Gasteiger partial charge >= 0.3 is 0 Å². The first-order valence-electron chi connectivity index (χ1n) is 11.0. The molecule has 0 bridgehead atoms. The van der Waals surface area contributed by atoms with Crippen LogP contribution < -0.4 is 15.5 Å². The number of nitro groups is 1. The van der Waals surface area contributed by atoms with E-state index in [4.69, 9.17) is 23.2 Å². The quantitative estimate of drug-likeness (QED) is 0.233. The van der Waals surface area contributed by atoms with Gasteiger partial charge < -0.3 is 10.6 Å². The number of amides is 3. The van der Waals surface area contributed by atoms with Gasteiger partial charge in [-0.3, -0.25) is 24.5 Å². The highest BCUT2D eigenvalue weighted by Gasteiger charge is 2.39. The molecule has 0 aliphatic carbocycles. The van der Waals surface area contributed by atoms with Crippen molar-refractivity contribution in [1.82, 2.24) is 0 Å². The molecule has 0 radical (unpaired) electrons. The number of carbonyl (C=O) groups is 3. The molecule has 3 amide bonds. The molecule has 4 rings (SSSR count). The molecule has 0 aromatic heterocycles. The van der Waals surface area contributed by atoms with Crippen molar-refractivity contribution in [3.63, 3.8) is 0 Å². The third-order valence-corrected chi connectivity index (χ3v) is 6.54. The number of benzene rings is 3. The molecule has 0 atom stereocenters. The van der Waals surface area contributed by atoms with Gasteiger partial charge in [-0.05, 0) is 55.3 Å². The highest BCUT2D eigenvalue weighted by molar-refractivity contribution is 6.53. The molecule has 37 heavy (non-hydrogen) atoms. The summed E-state index contributed by atoms with van der Waals surface area (Å²) < 4.78 is 0. The van der Waals surface area contributed by atoms with E-state index in [0.29, 0.717) is 38.8 Å². The summed E-state index contributed by atoms with van der Waals surface area (Å²) in [5, 5.41) is 16.8. The third-order valence-electron chi connectivity index (χ3n) is 5.78. The number of nitro benzene ring substituents is 1. The van der Waals surface area contributed by atoms with Gasteiger partial charge in [-0.2, -0.15) is 0 Å². The van der Waals surface area contributed by atoms with Gasteiger partial charge in [-0.25, -0.2) is 4.90 Å². The largest absolute Gasteiger partial charge is 0.350 e. The molecule has 3 aromatic rings. The Kier molecular flexibility index (Phi) is 7.28. The van der Waals surface area contributed by atoms with Gasteiger partial charge in [0, 0.05) is 28.0 Å². The molecule has 188 valence electrons. The number of hydrogen-bond acceptors (Lipinski definition) is 6. The summed E-state index contributed by atoms with van der Waals surface area (Å²) in [5.41, 5.74) is 2.73. The minimum Gasteiger partial charge on any atom is -0.350 e. The number of hydrogen-bond donors (Lipinski definition) is 2. The zero-order valence-electron chi connectivity index (χ0n) is 19.7. The van der Waals surface area contributed by atoms with Gasteiger partial charge in [0.1, 0.15) is 10.7 Å². The van der Waals surface area contributed by atoms with Gasteiger partial charge in [0.2, 0.25) is 5.91 Å². The van der Waals surface area contributed by atoms with Crippen molar-refractivity contribution < 1.29 is 19.3 Å². The average Bonchev–Trinajstić information content (AvgIpc) is 3.06. The van der Waals surface area contributed by atoms with Crippen LogP contribution in [0.25, 0.3) is 0 Å². The van der Waals surface area contributed by atoms with E-state index in [-0.39, 0.29) is 28.7 Å². The van der Waals surface area contributed by atoms with Gasteiger partial charge in [-0.15, -0.1) is 0 Å². The van der Waals surface area contributed by atoms with E-state index in [1.165, 1.54) is 6.07 Å². The Labute approximate surface area is 221 Å². The fourth-order valence-electron chi connectivity index (χ4n) is 3.79. The summed E-state index contributed by atoms with van der Waals surface area (Å²) in [7, 11) is 0. The Balaban J connectivity index is 1.43. The van der Waals surface area contributed by atoms with E-state index >= 15 is 0 Å². The Morgan fingerprint density at radius 3 is 2.32 bits per heavy atom. The van der Waals surface area contributed by atoms with Crippen LogP contribution in [0.15, 0.2) is 71.4 Å². The first-order chi connectivity index (χ1) is 17.6.